The van der Waals surface area contributed by atoms with E-state index in [0.29, 0.717) is 43.7 Å². The van der Waals surface area contributed by atoms with E-state index >= 15 is 0 Å². The van der Waals surface area contributed by atoms with Gasteiger partial charge in [0.25, 0.3) is 5.91 Å². The number of carbonyl (C=O) groups excluding carboxylic acids is 2. The molecule has 0 radical (unpaired) electrons. The molecule has 138 valence electrons. The standard InChI is InChI=1S/C19H24N4O3/c1-3-4-9-19(21-22-19)10-5-17(24)23-11-6-15(7-12-23)20-18(25)16-8-13-26-14(16)2/h1,8,13,15H,4-7,9-12H2,2H3,(H,20,25). The highest BCUT2D eigenvalue weighted by molar-refractivity contribution is 5.95. The summed E-state index contributed by atoms with van der Waals surface area (Å²) in [5.41, 5.74) is 0.161. The molecular formula is C19H24N4O3. The van der Waals surface area contributed by atoms with Crippen molar-refractivity contribution < 1.29 is 14.0 Å². The number of piperidine rings is 1. The first-order valence-electron chi connectivity index (χ1n) is 9.03. The smallest absolute Gasteiger partial charge is 0.255 e. The summed E-state index contributed by atoms with van der Waals surface area (Å²) in [5.74, 6) is 3.21. The van der Waals surface area contributed by atoms with Crippen LogP contribution in [0, 0.1) is 19.3 Å². The van der Waals surface area contributed by atoms with E-state index in [2.05, 4.69) is 21.5 Å². The van der Waals surface area contributed by atoms with Gasteiger partial charge in [-0.3, -0.25) is 9.59 Å². The van der Waals surface area contributed by atoms with Crippen LogP contribution in [-0.4, -0.2) is 41.5 Å². The summed E-state index contributed by atoms with van der Waals surface area (Å²) in [4.78, 5) is 26.5. The predicted octanol–water partition coefficient (Wildman–Crippen LogP) is 2.66. The molecule has 1 aromatic rings. The number of likely N-dealkylation sites (tertiary alicyclic amines) is 1. The van der Waals surface area contributed by atoms with Gasteiger partial charge in [0.05, 0.1) is 11.8 Å². The number of nitrogens with zero attached hydrogens (tertiary/aromatic N) is 3. The third-order valence-corrected chi connectivity index (χ3v) is 5.08. The number of carbonyl (C=O) groups is 2. The van der Waals surface area contributed by atoms with Gasteiger partial charge in [-0.05, 0) is 25.8 Å². The lowest BCUT2D eigenvalue weighted by atomic mass is 10.0. The molecule has 0 aromatic carbocycles. The molecule has 0 bridgehead atoms. The molecule has 2 aliphatic heterocycles. The monoisotopic (exact) mass is 356 g/mol. The summed E-state index contributed by atoms with van der Waals surface area (Å²) in [6, 6.07) is 1.75. The highest BCUT2D eigenvalue weighted by Gasteiger charge is 2.39. The number of amides is 2. The van der Waals surface area contributed by atoms with Crippen LogP contribution in [0.5, 0.6) is 0 Å². The molecule has 2 aliphatic rings. The predicted molar refractivity (Wildman–Crippen MR) is 95.4 cm³/mol. The maximum atomic E-state index is 12.4. The summed E-state index contributed by atoms with van der Waals surface area (Å²) >= 11 is 0. The highest BCUT2D eigenvalue weighted by atomic mass is 16.3. The van der Waals surface area contributed by atoms with E-state index in [-0.39, 0.29) is 17.9 Å². The van der Waals surface area contributed by atoms with Gasteiger partial charge in [-0.1, -0.05) is 0 Å². The summed E-state index contributed by atoms with van der Waals surface area (Å²) < 4.78 is 5.17. The molecule has 3 heterocycles. The molecule has 0 spiro atoms. The van der Waals surface area contributed by atoms with Gasteiger partial charge in [-0.25, -0.2) is 0 Å². The van der Waals surface area contributed by atoms with Gasteiger partial charge in [-0.2, -0.15) is 10.2 Å². The van der Waals surface area contributed by atoms with Crippen LogP contribution in [0.3, 0.4) is 0 Å². The summed E-state index contributed by atoms with van der Waals surface area (Å²) in [6.45, 7) is 3.07. The summed E-state index contributed by atoms with van der Waals surface area (Å²) in [7, 11) is 0. The lowest BCUT2D eigenvalue weighted by Crippen LogP contribution is -2.46. The first kappa shape index (κ1) is 18.2. The van der Waals surface area contributed by atoms with E-state index in [4.69, 9.17) is 10.8 Å². The zero-order valence-electron chi connectivity index (χ0n) is 15.0. The van der Waals surface area contributed by atoms with E-state index in [0.717, 1.165) is 19.3 Å². The minimum absolute atomic E-state index is 0.0799. The Morgan fingerprint density at radius 3 is 2.69 bits per heavy atom. The van der Waals surface area contributed by atoms with Gasteiger partial charge in [0.15, 0.2) is 5.66 Å². The Balaban J connectivity index is 1.39. The summed E-state index contributed by atoms with van der Waals surface area (Å²) in [6.07, 6.45) is 10.7. The van der Waals surface area contributed by atoms with Crippen molar-refractivity contribution in [3.05, 3.63) is 23.7 Å². The Labute approximate surface area is 153 Å². The number of hydrogen-bond acceptors (Lipinski definition) is 5. The van der Waals surface area contributed by atoms with Crippen LogP contribution in [-0.2, 0) is 4.79 Å². The molecule has 26 heavy (non-hydrogen) atoms. The second-order valence-electron chi connectivity index (χ2n) is 6.91. The molecule has 0 saturated carbocycles. The molecule has 0 atom stereocenters. The topological polar surface area (TPSA) is 87.3 Å². The number of aryl methyl sites for hydroxylation is 1. The van der Waals surface area contributed by atoms with Crippen molar-refractivity contribution in [2.75, 3.05) is 13.1 Å². The SMILES string of the molecule is C#CCCC1(CCC(=O)N2CCC(NC(=O)c3ccoc3C)CC2)N=N1. The van der Waals surface area contributed by atoms with Crippen LogP contribution in [0.15, 0.2) is 27.0 Å². The van der Waals surface area contributed by atoms with E-state index in [1.165, 1.54) is 6.26 Å². The first-order chi connectivity index (χ1) is 12.5. The molecule has 3 rings (SSSR count). The van der Waals surface area contributed by atoms with Gasteiger partial charge in [0.2, 0.25) is 5.91 Å². The van der Waals surface area contributed by atoms with Crippen LogP contribution < -0.4 is 5.32 Å². The molecular weight excluding hydrogens is 332 g/mol. The average molecular weight is 356 g/mol. The van der Waals surface area contributed by atoms with Crippen molar-refractivity contribution in [2.24, 2.45) is 10.2 Å². The fraction of sp³-hybridized carbons (Fsp3) is 0.579. The van der Waals surface area contributed by atoms with E-state index in [1.807, 2.05) is 4.90 Å². The highest BCUT2D eigenvalue weighted by Crippen LogP contribution is 2.37. The van der Waals surface area contributed by atoms with Gasteiger partial charge >= 0.3 is 0 Å². The van der Waals surface area contributed by atoms with Crippen LogP contribution in [0.1, 0.15) is 54.6 Å². The summed E-state index contributed by atoms with van der Waals surface area (Å²) in [5, 5.41) is 11.2. The molecule has 7 heteroatoms. The average Bonchev–Trinajstić information content (AvgIpc) is 3.29. The first-order valence-corrected chi connectivity index (χ1v) is 9.03. The maximum Gasteiger partial charge on any atom is 0.255 e. The molecule has 0 unspecified atom stereocenters. The van der Waals surface area contributed by atoms with Crippen LogP contribution in [0.2, 0.25) is 0 Å². The number of furan rings is 1. The maximum absolute atomic E-state index is 12.4. The minimum atomic E-state index is -0.406. The third-order valence-electron chi connectivity index (χ3n) is 5.08. The Kier molecular flexibility index (Phi) is 5.40. The zero-order chi connectivity index (χ0) is 18.6. The quantitative estimate of drug-likeness (QED) is 0.762. The fourth-order valence-electron chi connectivity index (χ4n) is 3.29. The molecule has 2 amide bonds. The van der Waals surface area contributed by atoms with Crippen molar-refractivity contribution in [1.29, 1.82) is 0 Å². The van der Waals surface area contributed by atoms with Gasteiger partial charge < -0.3 is 14.6 Å². The number of rotatable bonds is 7. The zero-order valence-corrected chi connectivity index (χ0v) is 15.0. The Bertz CT molecular complexity index is 732. The molecule has 1 fully saturated rings. The number of nitrogens with one attached hydrogen (secondary N) is 1. The van der Waals surface area contributed by atoms with Crippen molar-refractivity contribution in [3.8, 4) is 12.3 Å². The molecule has 1 saturated heterocycles. The Morgan fingerprint density at radius 1 is 1.38 bits per heavy atom. The van der Waals surface area contributed by atoms with Crippen molar-refractivity contribution in [1.82, 2.24) is 10.2 Å². The third kappa shape index (κ3) is 4.31. The number of hydrogen-bond donors (Lipinski definition) is 1. The normalized spacial score (nSPS) is 18.4. The van der Waals surface area contributed by atoms with Crippen molar-refractivity contribution in [2.45, 2.75) is 57.2 Å². The molecule has 0 aliphatic carbocycles. The largest absolute Gasteiger partial charge is 0.469 e. The van der Waals surface area contributed by atoms with E-state index in [9.17, 15) is 9.59 Å². The lowest BCUT2D eigenvalue weighted by molar-refractivity contribution is -0.132. The van der Waals surface area contributed by atoms with Gasteiger partial charge in [0, 0.05) is 44.8 Å². The Hall–Kier alpha value is -2.62. The van der Waals surface area contributed by atoms with Crippen molar-refractivity contribution in [3.63, 3.8) is 0 Å². The van der Waals surface area contributed by atoms with Gasteiger partial charge in [0.1, 0.15) is 5.76 Å². The van der Waals surface area contributed by atoms with E-state index < -0.39 is 5.66 Å². The molecule has 7 nitrogen and oxygen atoms in total. The van der Waals surface area contributed by atoms with Crippen LogP contribution in [0.4, 0.5) is 0 Å². The van der Waals surface area contributed by atoms with Crippen LogP contribution >= 0.6 is 0 Å². The molecule has 1 aromatic heterocycles. The minimum Gasteiger partial charge on any atom is -0.469 e. The number of terminal acetylenes is 1. The van der Waals surface area contributed by atoms with E-state index in [1.54, 1.807) is 13.0 Å². The van der Waals surface area contributed by atoms with Crippen molar-refractivity contribution >= 4 is 11.8 Å². The van der Waals surface area contributed by atoms with Gasteiger partial charge in [-0.15, -0.1) is 12.3 Å². The second-order valence-corrected chi connectivity index (χ2v) is 6.91. The second kappa shape index (κ2) is 7.73. The fourth-order valence-corrected chi connectivity index (χ4v) is 3.29. The van der Waals surface area contributed by atoms with Crippen LogP contribution in [0.25, 0.3) is 0 Å². The molecule has 1 N–H and O–H groups in total. The lowest BCUT2D eigenvalue weighted by Gasteiger charge is -2.32. The Morgan fingerprint density at radius 2 is 2.12 bits per heavy atom.